The Hall–Kier alpha value is -0.670. The summed E-state index contributed by atoms with van der Waals surface area (Å²) in [6, 6.07) is 5.69. The van der Waals surface area contributed by atoms with Gasteiger partial charge in [-0.25, -0.2) is 0 Å². The molecule has 1 nitrogen and oxygen atoms in total. The van der Waals surface area contributed by atoms with Gasteiger partial charge in [0, 0.05) is 16.6 Å². The summed E-state index contributed by atoms with van der Waals surface area (Å²) in [5.74, 6) is -2.85. The smallest absolute Gasteiger partial charge is 0.285 e. The number of rotatable bonds is 4. The standard InChI is InChI=1S/C11H14ClF2N/c1-8(2)15-7-11(13,14)9-3-5-10(12)6-4-9/h3-6,8,15H,7H2,1-2H3. The highest BCUT2D eigenvalue weighted by atomic mass is 35.5. The van der Waals surface area contributed by atoms with Crippen LogP contribution in [0.4, 0.5) is 8.78 Å². The molecule has 1 rings (SSSR count). The normalized spacial score (nSPS) is 12.1. The van der Waals surface area contributed by atoms with Gasteiger partial charge in [0.1, 0.15) is 0 Å². The molecule has 1 N–H and O–H groups in total. The Morgan fingerprint density at radius 3 is 2.27 bits per heavy atom. The Labute approximate surface area is 93.4 Å². The summed E-state index contributed by atoms with van der Waals surface area (Å²) >= 11 is 5.63. The molecule has 0 spiro atoms. The topological polar surface area (TPSA) is 12.0 Å². The van der Waals surface area contributed by atoms with E-state index in [1.54, 1.807) is 0 Å². The highest BCUT2D eigenvalue weighted by Crippen LogP contribution is 2.28. The van der Waals surface area contributed by atoms with E-state index in [-0.39, 0.29) is 18.2 Å². The van der Waals surface area contributed by atoms with Gasteiger partial charge >= 0.3 is 0 Å². The lowest BCUT2D eigenvalue weighted by molar-refractivity contribution is -0.00483. The highest BCUT2D eigenvalue weighted by molar-refractivity contribution is 6.30. The van der Waals surface area contributed by atoms with Gasteiger partial charge < -0.3 is 5.32 Å². The second kappa shape index (κ2) is 4.90. The lowest BCUT2D eigenvalue weighted by Crippen LogP contribution is -2.34. The predicted octanol–water partition coefficient (Wildman–Crippen LogP) is 3.43. The van der Waals surface area contributed by atoms with Gasteiger partial charge in [-0.2, -0.15) is 8.78 Å². The van der Waals surface area contributed by atoms with Crippen LogP contribution >= 0.6 is 11.6 Å². The zero-order valence-electron chi connectivity index (χ0n) is 8.73. The molecule has 0 aliphatic carbocycles. The van der Waals surface area contributed by atoms with E-state index >= 15 is 0 Å². The molecule has 15 heavy (non-hydrogen) atoms. The first-order chi connectivity index (χ1) is 6.92. The Bertz CT molecular complexity index is 309. The van der Waals surface area contributed by atoms with Crippen LogP contribution in [0.2, 0.25) is 5.02 Å². The SMILES string of the molecule is CC(C)NCC(F)(F)c1ccc(Cl)cc1. The van der Waals surface area contributed by atoms with E-state index in [1.165, 1.54) is 24.3 Å². The van der Waals surface area contributed by atoms with Crippen LogP contribution in [0.1, 0.15) is 19.4 Å². The molecule has 1 aromatic carbocycles. The molecular weight excluding hydrogens is 220 g/mol. The van der Waals surface area contributed by atoms with Crippen molar-refractivity contribution in [2.75, 3.05) is 6.54 Å². The van der Waals surface area contributed by atoms with Crippen LogP contribution in [0.25, 0.3) is 0 Å². The minimum Gasteiger partial charge on any atom is -0.309 e. The predicted molar refractivity (Wildman–Crippen MR) is 58.5 cm³/mol. The van der Waals surface area contributed by atoms with E-state index in [9.17, 15) is 8.78 Å². The Morgan fingerprint density at radius 1 is 1.27 bits per heavy atom. The monoisotopic (exact) mass is 233 g/mol. The molecule has 0 amide bonds. The van der Waals surface area contributed by atoms with Crippen LogP contribution < -0.4 is 5.32 Å². The fourth-order valence-corrected chi connectivity index (χ4v) is 1.25. The molecule has 1 aromatic rings. The minimum atomic E-state index is -2.85. The van der Waals surface area contributed by atoms with Crippen molar-refractivity contribution in [2.24, 2.45) is 0 Å². The molecule has 0 saturated carbocycles. The summed E-state index contributed by atoms with van der Waals surface area (Å²) in [6.07, 6.45) is 0. The molecule has 0 heterocycles. The molecule has 0 atom stereocenters. The van der Waals surface area contributed by atoms with Gasteiger partial charge in [-0.3, -0.25) is 0 Å². The lowest BCUT2D eigenvalue weighted by atomic mass is 10.1. The third kappa shape index (κ3) is 3.76. The largest absolute Gasteiger partial charge is 0.309 e. The van der Waals surface area contributed by atoms with E-state index < -0.39 is 5.92 Å². The summed E-state index contributed by atoms with van der Waals surface area (Å²) in [5, 5.41) is 3.18. The summed E-state index contributed by atoms with van der Waals surface area (Å²) < 4.78 is 27.1. The van der Waals surface area contributed by atoms with Crippen LogP contribution in [0.5, 0.6) is 0 Å². The average molecular weight is 234 g/mol. The van der Waals surface area contributed by atoms with Gasteiger partial charge in [0.2, 0.25) is 0 Å². The molecule has 0 saturated heterocycles. The fourth-order valence-electron chi connectivity index (χ4n) is 1.13. The van der Waals surface area contributed by atoms with Crippen molar-refractivity contribution in [3.63, 3.8) is 0 Å². The zero-order chi connectivity index (χ0) is 11.5. The van der Waals surface area contributed by atoms with E-state index in [2.05, 4.69) is 5.32 Å². The van der Waals surface area contributed by atoms with E-state index in [0.717, 1.165) is 0 Å². The quantitative estimate of drug-likeness (QED) is 0.840. The Kier molecular flexibility index (Phi) is 4.05. The van der Waals surface area contributed by atoms with Gasteiger partial charge in [-0.05, 0) is 12.1 Å². The molecule has 0 unspecified atom stereocenters. The van der Waals surface area contributed by atoms with E-state index in [4.69, 9.17) is 11.6 Å². The molecule has 0 fully saturated rings. The van der Waals surface area contributed by atoms with E-state index in [0.29, 0.717) is 5.02 Å². The van der Waals surface area contributed by atoms with Gasteiger partial charge in [-0.15, -0.1) is 0 Å². The van der Waals surface area contributed by atoms with E-state index in [1.807, 2.05) is 13.8 Å². The first-order valence-electron chi connectivity index (χ1n) is 4.79. The van der Waals surface area contributed by atoms with Crippen LogP contribution in [-0.4, -0.2) is 12.6 Å². The Morgan fingerprint density at radius 2 is 1.80 bits per heavy atom. The van der Waals surface area contributed by atoms with Gasteiger partial charge in [0.25, 0.3) is 5.92 Å². The highest BCUT2D eigenvalue weighted by Gasteiger charge is 2.30. The van der Waals surface area contributed by atoms with Crippen molar-refractivity contribution in [3.8, 4) is 0 Å². The molecule has 84 valence electrons. The molecular formula is C11H14ClF2N. The lowest BCUT2D eigenvalue weighted by Gasteiger charge is -2.19. The summed E-state index contributed by atoms with van der Waals surface area (Å²) in [6.45, 7) is 3.31. The van der Waals surface area contributed by atoms with Crippen molar-refractivity contribution in [1.82, 2.24) is 5.32 Å². The fraction of sp³-hybridized carbons (Fsp3) is 0.455. The number of benzene rings is 1. The van der Waals surface area contributed by atoms with Crippen molar-refractivity contribution >= 4 is 11.6 Å². The van der Waals surface area contributed by atoms with Crippen molar-refractivity contribution in [1.29, 1.82) is 0 Å². The maximum atomic E-state index is 13.5. The second-order valence-corrected chi connectivity index (χ2v) is 4.18. The molecule has 0 bridgehead atoms. The van der Waals surface area contributed by atoms with Crippen LogP contribution in [0.3, 0.4) is 0 Å². The molecule has 0 radical (unpaired) electrons. The van der Waals surface area contributed by atoms with Crippen molar-refractivity contribution in [2.45, 2.75) is 25.8 Å². The first-order valence-corrected chi connectivity index (χ1v) is 5.17. The van der Waals surface area contributed by atoms with Gasteiger partial charge in [-0.1, -0.05) is 37.6 Å². The number of halogens is 3. The third-order valence-corrected chi connectivity index (χ3v) is 2.25. The Balaban J connectivity index is 2.72. The second-order valence-electron chi connectivity index (χ2n) is 3.75. The van der Waals surface area contributed by atoms with Crippen molar-refractivity contribution < 1.29 is 8.78 Å². The molecule has 4 heteroatoms. The number of alkyl halides is 2. The van der Waals surface area contributed by atoms with Gasteiger partial charge in [0.15, 0.2) is 0 Å². The molecule has 0 aliphatic rings. The maximum Gasteiger partial charge on any atom is 0.285 e. The minimum absolute atomic E-state index is 0.0138. The first kappa shape index (κ1) is 12.4. The molecule has 0 aliphatic heterocycles. The van der Waals surface area contributed by atoms with Crippen LogP contribution in [0.15, 0.2) is 24.3 Å². The van der Waals surface area contributed by atoms with Crippen molar-refractivity contribution in [3.05, 3.63) is 34.9 Å². The number of nitrogens with one attached hydrogen (secondary N) is 1. The number of hydrogen-bond donors (Lipinski definition) is 1. The summed E-state index contributed by atoms with van der Waals surface area (Å²) in [7, 11) is 0. The van der Waals surface area contributed by atoms with Gasteiger partial charge in [0.05, 0.1) is 6.54 Å². The maximum absolute atomic E-state index is 13.5. The molecule has 0 aromatic heterocycles. The summed E-state index contributed by atoms with van der Waals surface area (Å²) in [4.78, 5) is 0. The average Bonchev–Trinajstić information content (AvgIpc) is 2.16. The number of hydrogen-bond acceptors (Lipinski definition) is 1. The summed E-state index contributed by atoms with van der Waals surface area (Å²) in [5.41, 5.74) is -0.0138. The van der Waals surface area contributed by atoms with Crippen LogP contribution in [-0.2, 0) is 5.92 Å². The van der Waals surface area contributed by atoms with Crippen LogP contribution in [0, 0.1) is 0 Å². The zero-order valence-corrected chi connectivity index (χ0v) is 9.48. The third-order valence-electron chi connectivity index (χ3n) is 2.00.